The SMILES string of the molecule is O=S(=O)(Nc1ccncc1Br)c1ccccc1CO. The summed E-state index contributed by atoms with van der Waals surface area (Å²) in [5.74, 6) is 0. The van der Waals surface area contributed by atoms with Crippen molar-refractivity contribution in [2.24, 2.45) is 0 Å². The minimum Gasteiger partial charge on any atom is -0.392 e. The van der Waals surface area contributed by atoms with Crippen molar-refractivity contribution in [3.8, 4) is 0 Å². The molecule has 2 rings (SSSR count). The second kappa shape index (κ2) is 5.68. The third kappa shape index (κ3) is 3.12. The Morgan fingerprint density at radius 1 is 1.26 bits per heavy atom. The van der Waals surface area contributed by atoms with Crippen LogP contribution in [0.15, 0.2) is 52.1 Å². The Labute approximate surface area is 119 Å². The lowest BCUT2D eigenvalue weighted by atomic mass is 10.2. The Balaban J connectivity index is 2.41. The molecule has 0 unspecified atom stereocenters. The van der Waals surface area contributed by atoms with Crippen LogP contribution in [0.2, 0.25) is 0 Å². The summed E-state index contributed by atoms with van der Waals surface area (Å²) in [6, 6.07) is 7.84. The monoisotopic (exact) mass is 342 g/mol. The minimum absolute atomic E-state index is 0.0567. The largest absolute Gasteiger partial charge is 0.392 e. The number of pyridine rings is 1. The van der Waals surface area contributed by atoms with Gasteiger partial charge in [-0.05, 0) is 33.6 Å². The lowest BCUT2D eigenvalue weighted by Gasteiger charge is -2.11. The standard InChI is InChI=1S/C12H11BrN2O3S/c13-10-7-14-6-5-11(10)15-19(17,18)12-4-2-1-3-9(12)8-16/h1-7,16H,8H2,(H,14,15). The van der Waals surface area contributed by atoms with Crippen molar-refractivity contribution in [3.05, 3.63) is 52.8 Å². The fraction of sp³-hybridized carbons (Fsp3) is 0.0833. The van der Waals surface area contributed by atoms with Crippen LogP contribution in [0.1, 0.15) is 5.56 Å². The van der Waals surface area contributed by atoms with Crippen molar-refractivity contribution in [1.82, 2.24) is 4.98 Å². The van der Waals surface area contributed by atoms with Gasteiger partial charge in [0.25, 0.3) is 10.0 Å². The molecule has 0 saturated carbocycles. The lowest BCUT2D eigenvalue weighted by Crippen LogP contribution is -2.15. The van der Waals surface area contributed by atoms with Crippen LogP contribution in [-0.2, 0) is 16.6 Å². The molecule has 0 aliphatic carbocycles. The van der Waals surface area contributed by atoms with E-state index >= 15 is 0 Å². The summed E-state index contributed by atoms with van der Waals surface area (Å²) in [5.41, 5.74) is 0.739. The first-order valence-corrected chi connectivity index (χ1v) is 7.63. The summed E-state index contributed by atoms with van der Waals surface area (Å²) in [5, 5.41) is 9.19. The second-order valence-corrected chi connectivity index (χ2v) is 6.23. The summed E-state index contributed by atoms with van der Waals surface area (Å²) in [6.07, 6.45) is 2.98. The molecule has 0 radical (unpaired) electrons. The fourth-order valence-electron chi connectivity index (χ4n) is 1.55. The molecule has 0 aliphatic heterocycles. The number of nitrogens with one attached hydrogen (secondary N) is 1. The molecule has 2 N–H and O–H groups in total. The van der Waals surface area contributed by atoms with Crippen LogP contribution in [0.25, 0.3) is 0 Å². The van der Waals surface area contributed by atoms with E-state index < -0.39 is 10.0 Å². The van der Waals surface area contributed by atoms with Crippen molar-refractivity contribution < 1.29 is 13.5 Å². The highest BCUT2D eigenvalue weighted by Gasteiger charge is 2.18. The number of hydrogen-bond acceptors (Lipinski definition) is 4. The number of sulfonamides is 1. The van der Waals surface area contributed by atoms with Crippen LogP contribution in [0.3, 0.4) is 0 Å². The highest BCUT2D eigenvalue weighted by molar-refractivity contribution is 9.10. The number of aliphatic hydroxyl groups is 1. The molecule has 0 spiro atoms. The van der Waals surface area contributed by atoms with Crippen LogP contribution < -0.4 is 4.72 Å². The average Bonchev–Trinajstić information content (AvgIpc) is 2.41. The molecule has 0 saturated heterocycles. The van der Waals surface area contributed by atoms with E-state index in [-0.39, 0.29) is 11.5 Å². The molecule has 2 aromatic rings. The number of hydrogen-bond donors (Lipinski definition) is 2. The van der Waals surface area contributed by atoms with Crippen LogP contribution >= 0.6 is 15.9 Å². The Morgan fingerprint density at radius 2 is 2.00 bits per heavy atom. The van der Waals surface area contributed by atoms with Gasteiger partial charge in [0.15, 0.2) is 0 Å². The maximum atomic E-state index is 12.3. The lowest BCUT2D eigenvalue weighted by molar-refractivity contribution is 0.278. The van der Waals surface area contributed by atoms with Gasteiger partial charge in [-0.15, -0.1) is 0 Å². The quantitative estimate of drug-likeness (QED) is 0.891. The molecule has 19 heavy (non-hydrogen) atoms. The molecule has 5 nitrogen and oxygen atoms in total. The molecule has 0 aliphatic rings. The molecule has 0 atom stereocenters. The molecule has 0 amide bonds. The first kappa shape index (κ1) is 14.0. The maximum absolute atomic E-state index is 12.3. The van der Waals surface area contributed by atoms with Crippen molar-refractivity contribution in [1.29, 1.82) is 0 Å². The molecular formula is C12H11BrN2O3S. The third-order valence-corrected chi connectivity index (χ3v) is 4.55. The van der Waals surface area contributed by atoms with E-state index in [9.17, 15) is 13.5 Å². The number of nitrogens with zero attached hydrogens (tertiary/aromatic N) is 1. The van der Waals surface area contributed by atoms with Crippen LogP contribution in [-0.4, -0.2) is 18.5 Å². The van der Waals surface area contributed by atoms with Gasteiger partial charge in [-0.2, -0.15) is 0 Å². The molecular weight excluding hydrogens is 332 g/mol. The van der Waals surface area contributed by atoms with E-state index in [1.165, 1.54) is 18.5 Å². The zero-order valence-corrected chi connectivity index (χ0v) is 12.1. The molecule has 1 aromatic heterocycles. The fourth-order valence-corrected chi connectivity index (χ4v) is 3.35. The number of aliphatic hydroxyl groups excluding tert-OH is 1. The summed E-state index contributed by atoms with van der Waals surface area (Å²) >= 11 is 3.22. The Bertz CT molecular complexity index is 689. The first-order valence-electron chi connectivity index (χ1n) is 5.35. The highest BCUT2D eigenvalue weighted by atomic mass is 79.9. The summed E-state index contributed by atoms with van der Waals surface area (Å²) in [6.45, 7) is -0.339. The van der Waals surface area contributed by atoms with Crippen molar-refractivity contribution in [2.45, 2.75) is 11.5 Å². The van der Waals surface area contributed by atoms with E-state index in [4.69, 9.17) is 0 Å². The number of anilines is 1. The zero-order chi connectivity index (χ0) is 13.9. The van der Waals surface area contributed by atoms with Gasteiger partial charge < -0.3 is 5.11 Å². The van der Waals surface area contributed by atoms with Crippen LogP contribution in [0, 0.1) is 0 Å². The Morgan fingerprint density at radius 3 is 2.68 bits per heavy atom. The van der Waals surface area contributed by atoms with Gasteiger partial charge in [-0.1, -0.05) is 18.2 Å². The number of benzene rings is 1. The number of halogens is 1. The third-order valence-electron chi connectivity index (χ3n) is 2.45. The summed E-state index contributed by atoms with van der Waals surface area (Å²) in [7, 11) is -3.75. The zero-order valence-electron chi connectivity index (χ0n) is 9.75. The predicted octanol–water partition coefficient (Wildman–Crippen LogP) is 2.14. The van der Waals surface area contributed by atoms with Gasteiger partial charge in [0.2, 0.25) is 0 Å². The molecule has 0 fully saturated rings. The van der Waals surface area contributed by atoms with E-state index in [1.54, 1.807) is 24.3 Å². The van der Waals surface area contributed by atoms with Gasteiger partial charge in [-0.3, -0.25) is 9.71 Å². The van der Waals surface area contributed by atoms with E-state index in [2.05, 4.69) is 25.6 Å². The number of rotatable bonds is 4. The Hall–Kier alpha value is -1.44. The van der Waals surface area contributed by atoms with Crippen LogP contribution in [0.5, 0.6) is 0 Å². The van der Waals surface area contributed by atoms with Gasteiger partial charge in [0.1, 0.15) is 0 Å². The average molecular weight is 343 g/mol. The van der Waals surface area contributed by atoms with Crippen molar-refractivity contribution >= 4 is 31.6 Å². The molecule has 0 bridgehead atoms. The molecule has 7 heteroatoms. The Kier molecular flexibility index (Phi) is 4.18. The molecule has 1 heterocycles. The van der Waals surface area contributed by atoms with Gasteiger partial charge in [-0.25, -0.2) is 8.42 Å². The summed E-state index contributed by atoms with van der Waals surface area (Å²) in [4.78, 5) is 3.92. The van der Waals surface area contributed by atoms with E-state index in [0.717, 1.165) is 0 Å². The summed E-state index contributed by atoms with van der Waals surface area (Å²) < 4.78 is 27.5. The molecule has 1 aromatic carbocycles. The number of aromatic nitrogens is 1. The maximum Gasteiger partial charge on any atom is 0.262 e. The van der Waals surface area contributed by atoms with Gasteiger partial charge in [0.05, 0.1) is 21.7 Å². The van der Waals surface area contributed by atoms with Crippen molar-refractivity contribution in [2.75, 3.05) is 4.72 Å². The smallest absolute Gasteiger partial charge is 0.262 e. The highest BCUT2D eigenvalue weighted by Crippen LogP contribution is 2.24. The minimum atomic E-state index is -3.75. The topological polar surface area (TPSA) is 79.3 Å². The van der Waals surface area contributed by atoms with E-state index in [1.807, 2.05) is 0 Å². The van der Waals surface area contributed by atoms with Crippen LogP contribution in [0.4, 0.5) is 5.69 Å². The second-order valence-electron chi connectivity index (χ2n) is 3.73. The van der Waals surface area contributed by atoms with Crippen molar-refractivity contribution in [3.63, 3.8) is 0 Å². The van der Waals surface area contributed by atoms with Gasteiger partial charge in [0, 0.05) is 12.4 Å². The van der Waals surface area contributed by atoms with Gasteiger partial charge >= 0.3 is 0 Å². The van der Waals surface area contributed by atoms with E-state index in [0.29, 0.717) is 15.7 Å². The normalized spacial score (nSPS) is 11.3. The predicted molar refractivity (Wildman–Crippen MR) is 75.1 cm³/mol. The molecule has 100 valence electrons. The first-order chi connectivity index (χ1) is 9.04.